The highest BCUT2D eigenvalue weighted by molar-refractivity contribution is 7.14. The van der Waals surface area contributed by atoms with E-state index in [2.05, 4.69) is 0 Å². The lowest BCUT2D eigenvalue weighted by atomic mass is 9.74. The van der Waals surface area contributed by atoms with Crippen LogP contribution in [0.4, 0.5) is 4.39 Å². The second-order valence-electron chi connectivity index (χ2n) is 3.72. The van der Waals surface area contributed by atoms with Gasteiger partial charge < -0.3 is 5.73 Å². The Morgan fingerprint density at radius 2 is 2.38 bits per heavy atom. The van der Waals surface area contributed by atoms with Crippen molar-refractivity contribution in [2.24, 2.45) is 5.73 Å². The normalized spacial score (nSPS) is 33.0. The molecular weight excluding hydrogens is 209 g/mol. The highest BCUT2D eigenvalue weighted by Crippen LogP contribution is 2.40. The van der Waals surface area contributed by atoms with E-state index >= 15 is 0 Å². The van der Waals surface area contributed by atoms with Gasteiger partial charge in [-0.3, -0.25) is 0 Å². The summed E-state index contributed by atoms with van der Waals surface area (Å²) in [5, 5.41) is 1.89. The third-order valence-electron chi connectivity index (χ3n) is 2.46. The number of alkyl halides is 1. The average molecular weight is 220 g/mol. The van der Waals surface area contributed by atoms with Crippen LogP contribution in [0.25, 0.3) is 0 Å². The van der Waals surface area contributed by atoms with E-state index < -0.39 is 5.67 Å². The molecule has 1 fully saturated rings. The van der Waals surface area contributed by atoms with Crippen molar-refractivity contribution in [3.8, 4) is 0 Å². The molecule has 0 saturated heterocycles. The fourth-order valence-corrected chi connectivity index (χ4v) is 2.74. The molecule has 1 heterocycles. The van der Waals surface area contributed by atoms with Crippen LogP contribution in [-0.4, -0.2) is 11.7 Å². The molecule has 0 spiro atoms. The second kappa shape index (κ2) is 3.23. The SMILES string of the molecule is NC1CC(F)(Cc2ccsc2Cl)C1. The van der Waals surface area contributed by atoms with Gasteiger partial charge in [-0.15, -0.1) is 11.3 Å². The van der Waals surface area contributed by atoms with Gasteiger partial charge in [0.05, 0.1) is 4.34 Å². The molecule has 0 amide bonds. The van der Waals surface area contributed by atoms with Crippen molar-refractivity contribution in [1.29, 1.82) is 0 Å². The van der Waals surface area contributed by atoms with Crippen LogP contribution in [0.5, 0.6) is 0 Å². The first-order chi connectivity index (χ1) is 6.09. The van der Waals surface area contributed by atoms with Gasteiger partial charge in [-0.25, -0.2) is 4.39 Å². The van der Waals surface area contributed by atoms with E-state index in [1.807, 2.05) is 11.4 Å². The standard InChI is InChI=1S/C9H11ClFNS/c10-8-6(1-2-13-8)3-9(11)4-7(12)5-9/h1-2,7H,3-5,12H2. The summed E-state index contributed by atoms with van der Waals surface area (Å²) in [6, 6.07) is 1.93. The maximum absolute atomic E-state index is 13.8. The fraction of sp³-hybridized carbons (Fsp3) is 0.556. The zero-order chi connectivity index (χ0) is 9.47. The first kappa shape index (κ1) is 9.44. The molecule has 72 valence electrons. The van der Waals surface area contributed by atoms with Crippen LogP contribution in [0.1, 0.15) is 18.4 Å². The van der Waals surface area contributed by atoms with Crippen molar-refractivity contribution in [3.63, 3.8) is 0 Å². The Morgan fingerprint density at radius 3 is 2.85 bits per heavy atom. The third kappa shape index (κ3) is 1.87. The molecule has 0 radical (unpaired) electrons. The van der Waals surface area contributed by atoms with E-state index in [1.165, 1.54) is 11.3 Å². The highest BCUT2D eigenvalue weighted by atomic mass is 35.5. The Bertz CT molecular complexity index is 306. The lowest BCUT2D eigenvalue weighted by Gasteiger charge is -2.39. The van der Waals surface area contributed by atoms with Crippen molar-refractivity contribution in [2.45, 2.75) is 31.0 Å². The molecule has 1 aromatic heterocycles. The van der Waals surface area contributed by atoms with Crippen molar-refractivity contribution < 1.29 is 4.39 Å². The maximum Gasteiger partial charge on any atom is 0.118 e. The van der Waals surface area contributed by atoms with Crippen LogP contribution in [0.3, 0.4) is 0 Å². The number of hydrogen-bond donors (Lipinski definition) is 1. The Morgan fingerprint density at radius 1 is 1.69 bits per heavy atom. The summed E-state index contributed by atoms with van der Waals surface area (Å²) in [6.45, 7) is 0. The lowest BCUT2D eigenvalue weighted by Crippen LogP contribution is -2.49. The Balaban J connectivity index is 2.03. The maximum atomic E-state index is 13.8. The summed E-state index contributed by atoms with van der Waals surface area (Å²) in [5.41, 5.74) is 5.38. The molecule has 1 aliphatic carbocycles. The van der Waals surface area contributed by atoms with Crippen LogP contribution >= 0.6 is 22.9 Å². The van der Waals surface area contributed by atoms with Gasteiger partial charge in [-0.2, -0.15) is 0 Å². The highest BCUT2D eigenvalue weighted by Gasteiger charge is 2.43. The van der Waals surface area contributed by atoms with Gasteiger partial charge in [0.1, 0.15) is 5.67 Å². The number of nitrogens with two attached hydrogens (primary N) is 1. The van der Waals surface area contributed by atoms with Crippen molar-refractivity contribution in [3.05, 3.63) is 21.3 Å². The van der Waals surface area contributed by atoms with E-state index in [0.29, 0.717) is 23.6 Å². The quantitative estimate of drug-likeness (QED) is 0.814. The molecule has 0 aliphatic heterocycles. The molecule has 1 nitrogen and oxygen atoms in total. The Labute approximate surface area is 85.7 Å². The summed E-state index contributed by atoms with van der Waals surface area (Å²) in [6.07, 6.45) is 1.36. The van der Waals surface area contributed by atoms with Crippen molar-refractivity contribution in [1.82, 2.24) is 0 Å². The number of rotatable bonds is 2. The molecule has 1 aromatic rings. The van der Waals surface area contributed by atoms with Gasteiger partial charge in [-0.05, 0) is 29.9 Å². The van der Waals surface area contributed by atoms with E-state index in [-0.39, 0.29) is 6.04 Å². The van der Waals surface area contributed by atoms with Crippen molar-refractivity contribution in [2.75, 3.05) is 0 Å². The predicted molar refractivity (Wildman–Crippen MR) is 54.1 cm³/mol. The first-order valence-electron chi connectivity index (χ1n) is 4.25. The van der Waals surface area contributed by atoms with Crippen LogP contribution in [0.2, 0.25) is 4.34 Å². The largest absolute Gasteiger partial charge is 0.327 e. The minimum absolute atomic E-state index is 0.0439. The average Bonchev–Trinajstić information content (AvgIpc) is 2.33. The van der Waals surface area contributed by atoms with Gasteiger partial charge in [0.2, 0.25) is 0 Å². The van der Waals surface area contributed by atoms with Gasteiger partial charge in [0.15, 0.2) is 0 Å². The Hall–Kier alpha value is -0.120. The molecule has 4 heteroatoms. The number of thiophene rings is 1. The number of hydrogen-bond acceptors (Lipinski definition) is 2. The molecular formula is C9H11ClFNS. The van der Waals surface area contributed by atoms with Gasteiger partial charge in [0, 0.05) is 12.5 Å². The molecule has 0 atom stereocenters. The van der Waals surface area contributed by atoms with Gasteiger partial charge in [-0.1, -0.05) is 11.6 Å². The molecule has 2 rings (SSSR count). The molecule has 0 aromatic carbocycles. The zero-order valence-electron chi connectivity index (χ0n) is 7.09. The molecule has 2 N–H and O–H groups in total. The van der Waals surface area contributed by atoms with E-state index in [9.17, 15) is 4.39 Å². The molecule has 1 aliphatic rings. The Kier molecular flexibility index (Phi) is 2.34. The summed E-state index contributed by atoms with van der Waals surface area (Å²) in [5.74, 6) is 0. The third-order valence-corrected chi connectivity index (χ3v) is 3.71. The van der Waals surface area contributed by atoms with Crippen LogP contribution in [-0.2, 0) is 6.42 Å². The molecule has 13 heavy (non-hydrogen) atoms. The summed E-state index contributed by atoms with van der Waals surface area (Å²) in [4.78, 5) is 0. The molecule has 0 unspecified atom stereocenters. The minimum atomic E-state index is -1.09. The van der Waals surface area contributed by atoms with E-state index in [0.717, 1.165) is 5.56 Å². The summed E-state index contributed by atoms with van der Waals surface area (Å²) >= 11 is 7.33. The number of halogens is 2. The topological polar surface area (TPSA) is 26.0 Å². The van der Waals surface area contributed by atoms with Crippen LogP contribution < -0.4 is 5.73 Å². The van der Waals surface area contributed by atoms with Crippen molar-refractivity contribution >= 4 is 22.9 Å². The second-order valence-corrected chi connectivity index (χ2v) is 5.23. The smallest absolute Gasteiger partial charge is 0.118 e. The molecule has 0 bridgehead atoms. The first-order valence-corrected chi connectivity index (χ1v) is 5.51. The van der Waals surface area contributed by atoms with E-state index in [4.69, 9.17) is 17.3 Å². The summed E-state index contributed by atoms with van der Waals surface area (Å²) < 4.78 is 14.5. The summed E-state index contributed by atoms with van der Waals surface area (Å²) in [7, 11) is 0. The minimum Gasteiger partial charge on any atom is -0.327 e. The fourth-order valence-electron chi connectivity index (χ4n) is 1.81. The van der Waals surface area contributed by atoms with Crippen LogP contribution in [0.15, 0.2) is 11.4 Å². The van der Waals surface area contributed by atoms with Gasteiger partial charge in [0.25, 0.3) is 0 Å². The predicted octanol–water partition coefficient (Wildman–Crippen LogP) is 2.77. The zero-order valence-corrected chi connectivity index (χ0v) is 8.67. The van der Waals surface area contributed by atoms with Gasteiger partial charge >= 0.3 is 0 Å². The van der Waals surface area contributed by atoms with E-state index in [1.54, 1.807) is 0 Å². The lowest BCUT2D eigenvalue weighted by molar-refractivity contribution is 0.0446. The molecule has 1 saturated carbocycles. The van der Waals surface area contributed by atoms with Crippen LogP contribution in [0, 0.1) is 0 Å². The monoisotopic (exact) mass is 219 g/mol.